The first-order valence-corrected chi connectivity index (χ1v) is 4.92. The summed E-state index contributed by atoms with van der Waals surface area (Å²) < 4.78 is 25.9. The smallest absolute Gasteiger partial charge is 0.410 e. The lowest BCUT2D eigenvalue weighted by molar-refractivity contribution is 0.209. The van der Waals surface area contributed by atoms with E-state index in [-0.39, 0.29) is 5.82 Å². The second-order valence-electron chi connectivity index (χ2n) is 2.02. The van der Waals surface area contributed by atoms with Gasteiger partial charge in [-0.05, 0) is 0 Å². The number of amides is 1. The second kappa shape index (κ2) is 5.14. The van der Waals surface area contributed by atoms with E-state index in [2.05, 4.69) is 15.4 Å². The molecule has 0 bridgehead atoms. The molecule has 4 N–H and O–H groups in total. The Balaban J connectivity index is 0.000000292. The highest BCUT2D eigenvalue weighted by molar-refractivity contribution is 7.85. The average molecular weight is 224 g/mol. The number of anilines is 1. The number of carboxylic acid groups (broad SMARTS) is 1. The van der Waals surface area contributed by atoms with Gasteiger partial charge in [-0.2, -0.15) is 18.7 Å². The number of rotatable bonds is 1. The molecule has 0 spiro atoms. The minimum absolute atomic E-state index is 0.197. The van der Waals surface area contributed by atoms with Crippen molar-refractivity contribution in [2.24, 2.45) is 0 Å². The fourth-order valence-corrected chi connectivity index (χ4v) is 0.371. The van der Waals surface area contributed by atoms with Gasteiger partial charge in [0.05, 0.1) is 12.5 Å². The highest BCUT2D eigenvalue weighted by Crippen LogP contribution is 1.93. The van der Waals surface area contributed by atoms with Gasteiger partial charge in [-0.25, -0.2) is 4.79 Å². The Morgan fingerprint density at radius 2 is 2.14 bits per heavy atom. The van der Waals surface area contributed by atoms with Crippen molar-refractivity contribution in [3.05, 3.63) is 6.20 Å². The van der Waals surface area contributed by atoms with Crippen LogP contribution in [0.5, 0.6) is 0 Å². The van der Waals surface area contributed by atoms with Crippen LogP contribution < -0.4 is 5.32 Å². The van der Waals surface area contributed by atoms with Gasteiger partial charge in [0.25, 0.3) is 10.1 Å². The van der Waals surface area contributed by atoms with Crippen molar-refractivity contribution in [2.45, 2.75) is 0 Å². The predicted octanol–water partition coefficient (Wildman–Crippen LogP) is -0.601. The van der Waals surface area contributed by atoms with E-state index in [1.54, 1.807) is 0 Å². The van der Waals surface area contributed by atoms with Gasteiger partial charge in [-0.15, -0.1) is 5.10 Å². The molecule has 1 aromatic heterocycles. The van der Waals surface area contributed by atoms with Crippen molar-refractivity contribution >= 4 is 22.0 Å². The first-order valence-electron chi connectivity index (χ1n) is 3.07. The largest absolute Gasteiger partial charge is 0.465 e. The lowest BCUT2D eigenvalue weighted by Gasteiger charge is -1.88. The van der Waals surface area contributed by atoms with E-state index < -0.39 is 16.2 Å². The molecule has 10 heteroatoms. The number of nitrogens with zero attached hydrogens (tertiary/aromatic N) is 2. The molecule has 0 saturated carbocycles. The first-order chi connectivity index (χ1) is 6.29. The summed E-state index contributed by atoms with van der Waals surface area (Å²) in [7, 11) is -3.67. The van der Waals surface area contributed by atoms with E-state index in [9.17, 15) is 13.2 Å². The zero-order valence-electron chi connectivity index (χ0n) is 7.00. The van der Waals surface area contributed by atoms with Crippen LogP contribution in [0.1, 0.15) is 0 Å². The van der Waals surface area contributed by atoms with Crippen LogP contribution in [-0.2, 0) is 10.1 Å². The Labute approximate surface area is 78.9 Å². The Bertz CT molecular complexity index is 362. The molecule has 0 aliphatic rings. The zero-order valence-corrected chi connectivity index (χ0v) is 7.82. The monoisotopic (exact) mass is 224 g/mol. The molecule has 9 nitrogen and oxygen atoms in total. The third-order valence-electron chi connectivity index (χ3n) is 0.650. The standard InChI is InChI=1S/C3H4N4O2.CH4O3S/c8-3(9)5-2-1-4-7-6-2;1-5(2,3)4/h1H,(H,8,9)(H2,4,5,6,7);1H3,(H,2,3,4). The molecule has 0 unspecified atom stereocenters. The lowest BCUT2D eigenvalue weighted by Crippen LogP contribution is -2.07. The van der Waals surface area contributed by atoms with Gasteiger partial charge in [0.1, 0.15) is 0 Å². The topological polar surface area (TPSA) is 145 Å². The highest BCUT2D eigenvalue weighted by atomic mass is 32.2. The highest BCUT2D eigenvalue weighted by Gasteiger charge is 1.97. The molecular weight excluding hydrogens is 216 g/mol. The summed E-state index contributed by atoms with van der Waals surface area (Å²) >= 11 is 0. The first kappa shape index (κ1) is 12.3. The Morgan fingerprint density at radius 3 is 2.43 bits per heavy atom. The van der Waals surface area contributed by atoms with E-state index in [0.717, 1.165) is 0 Å². The number of H-pyrrole nitrogens is 1. The van der Waals surface area contributed by atoms with Gasteiger partial charge in [0.2, 0.25) is 0 Å². The maximum Gasteiger partial charge on any atom is 0.410 e. The van der Waals surface area contributed by atoms with E-state index in [4.69, 9.17) is 9.66 Å². The van der Waals surface area contributed by atoms with E-state index >= 15 is 0 Å². The number of carbonyl (C=O) groups is 1. The number of hydrogen-bond acceptors (Lipinski definition) is 5. The fraction of sp³-hybridized carbons (Fsp3) is 0.250. The van der Waals surface area contributed by atoms with Gasteiger partial charge >= 0.3 is 6.09 Å². The summed E-state index contributed by atoms with van der Waals surface area (Å²) in [6.07, 6.45) is 0.838. The van der Waals surface area contributed by atoms with Gasteiger partial charge in [-0.1, -0.05) is 0 Å². The van der Waals surface area contributed by atoms with Crippen LogP contribution in [0.3, 0.4) is 0 Å². The van der Waals surface area contributed by atoms with Gasteiger partial charge < -0.3 is 5.11 Å². The molecular formula is C4H8N4O5S. The number of aromatic amines is 1. The van der Waals surface area contributed by atoms with Crippen molar-refractivity contribution in [3.63, 3.8) is 0 Å². The minimum Gasteiger partial charge on any atom is -0.465 e. The summed E-state index contributed by atoms with van der Waals surface area (Å²) in [6.45, 7) is 0. The Hall–Kier alpha value is -1.68. The molecule has 0 aliphatic heterocycles. The molecule has 0 aromatic carbocycles. The van der Waals surface area contributed by atoms with E-state index in [1.165, 1.54) is 6.20 Å². The number of nitrogens with one attached hydrogen (secondary N) is 2. The van der Waals surface area contributed by atoms with Gasteiger partial charge in [0.15, 0.2) is 5.82 Å². The number of aromatic nitrogens is 3. The number of hydrogen-bond donors (Lipinski definition) is 4. The Kier molecular flexibility index (Phi) is 4.52. The molecule has 14 heavy (non-hydrogen) atoms. The second-order valence-corrected chi connectivity index (χ2v) is 3.48. The third kappa shape index (κ3) is 10.3. The Morgan fingerprint density at radius 1 is 1.64 bits per heavy atom. The van der Waals surface area contributed by atoms with Gasteiger partial charge in [-0.3, -0.25) is 9.87 Å². The van der Waals surface area contributed by atoms with Crippen molar-refractivity contribution in [1.29, 1.82) is 0 Å². The van der Waals surface area contributed by atoms with Crippen LogP contribution in [-0.4, -0.2) is 45.8 Å². The molecule has 1 heterocycles. The third-order valence-corrected chi connectivity index (χ3v) is 0.650. The zero-order chi connectivity index (χ0) is 11.2. The maximum absolute atomic E-state index is 9.87. The molecule has 1 aromatic rings. The molecule has 1 rings (SSSR count). The van der Waals surface area contributed by atoms with Crippen LogP contribution in [0, 0.1) is 0 Å². The summed E-state index contributed by atoms with van der Waals surface area (Å²) in [5, 5.41) is 19.1. The van der Waals surface area contributed by atoms with E-state index in [0.29, 0.717) is 6.26 Å². The quantitative estimate of drug-likeness (QED) is 0.466. The normalized spacial score (nSPS) is 9.86. The molecule has 0 aliphatic carbocycles. The van der Waals surface area contributed by atoms with Crippen molar-refractivity contribution < 1.29 is 22.9 Å². The van der Waals surface area contributed by atoms with Crippen molar-refractivity contribution in [2.75, 3.05) is 11.6 Å². The summed E-state index contributed by atoms with van der Waals surface area (Å²) in [5.74, 6) is 0.197. The van der Waals surface area contributed by atoms with E-state index in [1.807, 2.05) is 5.32 Å². The predicted molar refractivity (Wildman–Crippen MR) is 45.5 cm³/mol. The summed E-state index contributed by atoms with van der Waals surface area (Å²) in [5.41, 5.74) is 0. The molecule has 0 saturated heterocycles. The lowest BCUT2D eigenvalue weighted by atomic mass is 10.7. The molecule has 0 atom stereocenters. The maximum atomic E-state index is 9.87. The van der Waals surface area contributed by atoms with Crippen LogP contribution >= 0.6 is 0 Å². The van der Waals surface area contributed by atoms with Crippen LogP contribution in [0.25, 0.3) is 0 Å². The average Bonchev–Trinajstić information content (AvgIpc) is 2.33. The van der Waals surface area contributed by atoms with Crippen LogP contribution in [0.15, 0.2) is 6.20 Å². The summed E-state index contributed by atoms with van der Waals surface area (Å²) in [4.78, 5) is 9.87. The SMILES string of the molecule is CS(=O)(=O)O.O=C(O)Nc1cn[nH]n1. The van der Waals surface area contributed by atoms with Crippen molar-refractivity contribution in [1.82, 2.24) is 15.4 Å². The molecule has 0 fully saturated rings. The molecule has 80 valence electrons. The van der Waals surface area contributed by atoms with Gasteiger partial charge in [0, 0.05) is 0 Å². The van der Waals surface area contributed by atoms with Crippen LogP contribution in [0.2, 0.25) is 0 Å². The molecule has 0 radical (unpaired) electrons. The fourth-order valence-electron chi connectivity index (χ4n) is 0.371. The van der Waals surface area contributed by atoms with Crippen molar-refractivity contribution in [3.8, 4) is 0 Å². The van der Waals surface area contributed by atoms with Crippen LogP contribution in [0.4, 0.5) is 10.6 Å². The summed E-state index contributed by atoms with van der Waals surface area (Å²) in [6, 6.07) is 0. The molecule has 1 amide bonds. The minimum atomic E-state index is -3.67.